The first-order chi connectivity index (χ1) is 12.0. The van der Waals surface area contributed by atoms with Gasteiger partial charge in [-0.15, -0.1) is 0 Å². The summed E-state index contributed by atoms with van der Waals surface area (Å²) in [7, 11) is 1.32. The molecule has 0 aliphatic carbocycles. The van der Waals surface area contributed by atoms with Gasteiger partial charge < -0.3 is 19.7 Å². The summed E-state index contributed by atoms with van der Waals surface area (Å²) in [6.45, 7) is 11.9. The Bertz CT molecular complexity index is 522. The number of esters is 1. The predicted molar refractivity (Wildman–Crippen MR) is 102 cm³/mol. The highest BCUT2D eigenvalue weighted by Crippen LogP contribution is 2.34. The number of carbonyl (C=O) groups excluding carboxylic acids is 3. The number of methoxy groups -OCH3 is 1. The quantitative estimate of drug-likeness (QED) is 0.675. The number of alkyl carbamates (subject to hydrolysis) is 1. The molecular weight excluding hydrogens is 356 g/mol. The minimum atomic E-state index is -0.814. The summed E-state index contributed by atoms with van der Waals surface area (Å²) in [6, 6.07) is -1.41. The summed E-state index contributed by atoms with van der Waals surface area (Å²) in [4.78, 5) is 39.0. The van der Waals surface area contributed by atoms with Gasteiger partial charge in [-0.25, -0.2) is 9.59 Å². The number of carbonyl (C=O) groups is 3. The fourth-order valence-corrected chi connectivity index (χ4v) is 4.66. The van der Waals surface area contributed by atoms with E-state index in [9.17, 15) is 14.4 Å². The van der Waals surface area contributed by atoms with Crippen LogP contribution in [0.3, 0.4) is 0 Å². The van der Waals surface area contributed by atoms with E-state index >= 15 is 0 Å². The number of nitrogens with zero attached hydrogens (tertiary/aromatic N) is 1. The van der Waals surface area contributed by atoms with Gasteiger partial charge in [0.15, 0.2) is 0 Å². The second kappa shape index (κ2) is 9.48. The highest BCUT2D eigenvalue weighted by atomic mass is 32.2. The zero-order chi connectivity index (χ0) is 20.1. The SMILES string of the molecule is COC(=O)[C@@H]1CCCN1C(=O)[C@@H](NC(=O)OC(C)C)C(C)(C)SC(C)C. The van der Waals surface area contributed by atoms with Crippen molar-refractivity contribution in [2.75, 3.05) is 13.7 Å². The van der Waals surface area contributed by atoms with Gasteiger partial charge in [-0.1, -0.05) is 13.8 Å². The van der Waals surface area contributed by atoms with Crippen molar-refractivity contribution in [2.45, 2.75) is 82.6 Å². The summed E-state index contributed by atoms with van der Waals surface area (Å²) in [5.41, 5.74) is 0. The molecule has 150 valence electrons. The molecule has 1 fully saturated rings. The number of thioether (sulfide) groups is 1. The molecule has 0 saturated carbocycles. The molecule has 2 atom stereocenters. The summed E-state index contributed by atoms with van der Waals surface area (Å²) in [5.74, 6) is -0.703. The third-order valence-electron chi connectivity index (χ3n) is 4.10. The van der Waals surface area contributed by atoms with Crippen molar-refractivity contribution in [3.8, 4) is 0 Å². The zero-order valence-electron chi connectivity index (χ0n) is 16.8. The van der Waals surface area contributed by atoms with Crippen LogP contribution in [0.1, 0.15) is 54.4 Å². The smallest absolute Gasteiger partial charge is 0.408 e. The van der Waals surface area contributed by atoms with E-state index in [4.69, 9.17) is 9.47 Å². The first kappa shape index (κ1) is 22.6. The highest BCUT2D eigenvalue weighted by molar-refractivity contribution is 8.01. The lowest BCUT2D eigenvalue weighted by molar-refractivity contribution is -0.151. The fourth-order valence-electron chi connectivity index (χ4n) is 3.15. The first-order valence-electron chi connectivity index (χ1n) is 9.02. The maximum atomic E-state index is 13.3. The van der Waals surface area contributed by atoms with Crippen molar-refractivity contribution in [3.05, 3.63) is 0 Å². The molecule has 0 radical (unpaired) electrons. The minimum Gasteiger partial charge on any atom is -0.467 e. The number of ether oxygens (including phenoxy) is 2. The molecular formula is C18H32N2O5S. The molecule has 26 heavy (non-hydrogen) atoms. The molecule has 0 bridgehead atoms. The Morgan fingerprint density at radius 1 is 1.19 bits per heavy atom. The van der Waals surface area contributed by atoms with E-state index in [2.05, 4.69) is 5.32 Å². The molecule has 0 unspecified atom stereocenters. The van der Waals surface area contributed by atoms with E-state index in [1.165, 1.54) is 12.0 Å². The largest absolute Gasteiger partial charge is 0.467 e. The first-order valence-corrected chi connectivity index (χ1v) is 9.90. The molecule has 8 heteroatoms. The molecule has 1 N–H and O–H groups in total. The number of hydrogen-bond acceptors (Lipinski definition) is 6. The second-order valence-corrected chi connectivity index (χ2v) is 9.74. The Morgan fingerprint density at radius 2 is 1.81 bits per heavy atom. The fraction of sp³-hybridized carbons (Fsp3) is 0.833. The van der Waals surface area contributed by atoms with Gasteiger partial charge in [0.25, 0.3) is 0 Å². The van der Waals surface area contributed by atoms with Crippen molar-refractivity contribution in [1.82, 2.24) is 10.2 Å². The van der Waals surface area contributed by atoms with Crippen molar-refractivity contribution < 1.29 is 23.9 Å². The normalized spacial score (nSPS) is 18.8. The van der Waals surface area contributed by atoms with Gasteiger partial charge in [0, 0.05) is 11.3 Å². The van der Waals surface area contributed by atoms with Gasteiger partial charge in [-0.05, 0) is 45.8 Å². The van der Waals surface area contributed by atoms with Crippen LogP contribution in [-0.4, -0.2) is 64.7 Å². The molecule has 2 amide bonds. The summed E-state index contributed by atoms with van der Waals surface area (Å²) >= 11 is 1.59. The molecule has 1 aliphatic rings. The van der Waals surface area contributed by atoms with E-state index in [1.54, 1.807) is 25.6 Å². The third-order valence-corrected chi connectivity index (χ3v) is 5.41. The van der Waals surface area contributed by atoms with E-state index in [0.717, 1.165) is 6.42 Å². The Morgan fingerprint density at radius 3 is 2.31 bits per heavy atom. The highest BCUT2D eigenvalue weighted by Gasteiger charge is 2.44. The Kier molecular flexibility index (Phi) is 8.24. The van der Waals surface area contributed by atoms with Crippen LogP contribution >= 0.6 is 11.8 Å². The Balaban J connectivity index is 3.07. The lowest BCUT2D eigenvalue weighted by atomic mass is 10.0. The van der Waals surface area contributed by atoms with Crippen molar-refractivity contribution >= 4 is 29.7 Å². The third kappa shape index (κ3) is 6.07. The van der Waals surface area contributed by atoms with Gasteiger partial charge >= 0.3 is 12.1 Å². The van der Waals surface area contributed by atoms with E-state index < -0.39 is 28.9 Å². The maximum absolute atomic E-state index is 13.3. The molecule has 0 aromatic rings. The topological polar surface area (TPSA) is 84.9 Å². The van der Waals surface area contributed by atoms with Crippen LogP contribution in [0.4, 0.5) is 4.79 Å². The maximum Gasteiger partial charge on any atom is 0.408 e. The van der Waals surface area contributed by atoms with Crippen molar-refractivity contribution in [1.29, 1.82) is 0 Å². The molecule has 0 aromatic carbocycles. The lowest BCUT2D eigenvalue weighted by Gasteiger charge is -2.37. The van der Waals surface area contributed by atoms with Crippen LogP contribution in [0, 0.1) is 0 Å². The van der Waals surface area contributed by atoms with Gasteiger partial charge in [0.05, 0.1) is 13.2 Å². The molecule has 0 aromatic heterocycles. The number of likely N-dealkylation sites (tertiary alicyclic amines) is 1. The molecule has 1 saturated heterocycles. The summed E-state index contributed by atoms with van der Waals surface area (Å²) in [5, 5.41) is 2.99. The number of hydrogen-bond donors (Lipinski definition) is 1. The van der Waals surface area contributed by atoms with Crippen LogP contribution in [0.2, 0.25) is 0 Å². The van der Waals surface area contributed by atoms with Crippen LogP contribution in [-0.2, 0) is 19.1 Å². The number of rotatable bonds is 7. The number of nitrogens with one attached hydrogen (secondary N) is 1. The van der Waals surface area contributed by atoms with E-state index in [0.29, 0.717) is 13.0 Å². The Labute approximate surface area is 160 Å². The van der Waals surface area contributed by atoms with Crippen LogP contribution < -0.4 is 5.32 Å². The van der Waals surface area contributed by atoms with Crippen LogP contribution in [0.25, 0.3) is 0 Å². The van der Waals surface area contributed by atoms with Crippen molar-refractivity contribution in [2.24, 2.45) is 0 Å². The lowest BCUT2D eigenvalue weighted by Crippen LogP contribution is -2.59. The van der Waals surface area contributed by atoms with Gasteiger partial charge in [-0.2, -0.15) is 11.8 Å². The zero-order valence-corrected chi connectivity index (χ0v) is 17.6. The van der Waals surface area contributed by atoms with Gasteiger partial charge in [0.1, 0.15) is 12.1 Å². The second-order valence-electron chi connectivity index (χ2n) is 7.51. The Hall–Kier alpha value is -1.44. The average Bonchev–Trinajstić information content (AvgIpc) is 2.98. The van der Waals surface area contributed by atoms with Gasteiger partial charge in [0.2, 0.25) is 5.91 Å². The molecule has 7 nitrogen and oxygen atoms in total. The molecule has 1 rings (SSSR count). The predicted octanol–water partition coefficient (Wildman–Crippen LogP) is 2.57. The van der Waals surface area contributed by atoms with Crippen molar-refractivity contribution in [3.63, 3.8) is 0 Å². The summed E-state index contributed by atoms with van der Waals surface area (Å²) < 4.78 is 9.42. The molecule has 1 aliphatic heterocycles. The molecule has 1 heterocycles. The number of amides is 2. The van der Waals surface area contributed by atoms with E-state index in [1.807, 2.05) is 27.7 Å². The van der Waals surface area contributed by atoms with Gasteiger partial charge in [-0.3, -0.25) is 4.79 Å². The van der Waals surface area contributed by atoms with Crippen LogP contribution in [0.15, 0.2) is 0 Å². The average molecular weight is 389 g/mol. The summed E-state index contributed by atoms with van der Waals surface area (Å²) in [6.07, 6.45) is 0.372. The molecule has 0 spiro atoms. The van der Waals surface area contributed by atoms with Crippen LogP contribution in [0.5, 0.6) is 0 Å². The standard InChI is InChI=1S/C18H32N2O5S/c1-11(2)25-17(23)19-14(18(5,6)26-12(3)4)15(21)20-10-8-9-13(20)16(22)24-7/h11-14H,8-10H2,1-7H3,(H,19,23)/t13-,14+/m0/s1. The monoisotopic (exact) mass is 388 g/mol. The van der Waals surface area contributed by atoms with E-state index in [-0.39, 0.29) is 17.3 Å². The minimum absolute atomic E-state index is 0.262.